The van der Waals surface area contributed by atoms with Gasteiger partial charge in [-0.1, -0.05) is 56.9 Å². The van der Waals surface area contributed by atoms with Gasteiger partial charge in [0, 0.05) is 13.5 Å². The van der Waals surface area contributed by atoms with E-state index in [9.17, 15) is 5.11 Å². The lowest BCUT2D eigenvalue weighted by molar-refractivity contribution is -0.111. The highest BCUT2D eigenvalue weighted by atomic mass is 16.5. The van der Waals surface area contributed by atoms with E-state index in [0.717, 1.165) is 19.3 Å². The lowest BCUT2D eigenvalue weighted by Crippen LogP contribution is -2.45. The Labute approximate surface area is 123 Å². The maximum Gasteiger partial charge on any atom is 0.0939 e. The van der Waals surface area contributed by atoms with E-state index in [4.69, 9.17) is 4.74 Å². The van der Waals surface area contributed by atoms with Crippen LogP contribution in [0.2, 0.25) is 0 Å². The molecule has 0 aromatic heterocycles. The van der Waals surface area contributed by atoms with Gasteiger partial charge < -0.3 is 9.84 Å². The van der Waals surface area contributed by atoms with E-state index in [1.54, 1.807) is 7.11 Å². The molecule has 1 N–H and O–H groups in total. The van der Waals surface area contributed by atoms with Crippen molar-refractivity contribution in [2.45, 2.75) is 70.0 Å². The molecule has 1 fully saturated rings. The predicted octanol–water partition coefficient (Wildman–Crippen LogP) is 3.89. The summed E-state index contributed by atoms with van der Waals surface area (Å²) in [5.74, 6) is 0. The summed E-state index contributed by atoms with van der Waals surface area (Å²) in [6.07, 6.45) is 8.18. The van der Waals surface area contributed by atoms with E-state index < -0.39 is 6.10 Å². The maximum atomic E-state index is 10.7. The molecule has 0 saturated heterocycles. The molecule has 1 aromatic rings. The third kappa shape index (κ3) is 3.62. The van der Waals surface area contributed by atoms with Crippen molar-refractivity contribution < 1.29 is 9.84 Å². The molecule has 0 heterocycles. The Morgan fingerprint density at radius 1 is 1.05 bits per heavy atom. The molecule has 1 atom stereocenters. The number of benzene rings is 1. The number of aliphatic hydroxyl groups excluding tert-OH is 1. The molecule has 1 unspecified atom stereocenters. The van der Waals surface area contributed by atoms with Crippen molar-refractivity contribution in [3.63, 3.8) is 0 Å². The zero-order valence-corrected chi connectivity index (χ0v) is 12.9. The van der Waals surface area contributed by atoms with Crippen LogP contribution < -0.4 is 0 Å². The minimum absolute atomic E-state index is 0.333. The molecule has 0 bridgehead atoms. The Hall–Kier alpha value is -0.860. The van der Waals surface area contributed by atoms with Crippen LogP contribution in [0.25, 0.3) is 0 Å². The van der Waals surface area contributed by atoms with Crippen molar-refractivity contribution in [1.29, 1.82) is 0 Å². The quantitative estimate of drug-likeness (QED) is 0.827. The van der Waals surface area contributed by atoms with Crippen molar-refractivity contribution in [3.8, 4) is 0 Å². The normalized spacial score (nSPS) is 20.4. The van der Waals surface area contributed by atoms with E-state index >= 15 is 0 Å². The van der Waals surface area contributed by atoms with Crippen molar-refractivity contribution in [3.05, 3.63) is 35.4 Å². The molecular formula is C18H28O2. The number of aliphatic hydroxyl groups is 1. The Kier molecular flexibility index (Phi) is 5.62. The van der Waals surface area contributed by atoms with E-state index in [0.29, 0.717) is 6.42 Å². The van der Waals surface area contributed by atoms with Crippen LogP contribution in [0.4, 0.5) is 0 Å². The fourth-order valence-electron chi connectivity index (χ4n) is 3.32. The first-order valence-electron chi connectivity index (χ1n) is 8.01. The lowest BCUT2D eigenvalue weighted by atomic mass is 9.84. The second kappa shape index (κ2) is 7.24. The third-order valence-corrected chi connectivity index (χ3v) is 4.82. The number of hydrogen-bond donors (Lipinski definition) is 1. The molecule has 0 aliphatic heterocycles. The second-order valence-corrected chi connectivity index (χ2v) is 6.07. The number of methoxy groups -OCH3 is 1. The van der Waals surface area contributed by atoms with Gasteiger partial charge in [-0.2, -0.15) is 0 Å². The van der Waals surface area contributed by atoms with E-state index in [-0.39, 0.29) is 5.60 Å². The summed E-state index contributed by atoms with van der Waals surface area (Å²) in [6.45, 7) is 2.16. The second-order valence-electron chi connectivity index (χ2n) is 6.07. The monoisotopic (exact) mass is 276 g/mol. The molecule has 0 radical (unpaired) electrons. The molecule has 1 aliphatic rings. The molecule has 1 aliphatic carbocycles. The summed E-state index contributed by atoms with van der Waals surface area (Å²) in [5, 5.41) is 10.7. The third-order valence-electron chi connectivity index (χ3n) is 4.82. The van der Waals surface area contributed by atoms with Crippen LogP contribution in [0.1, 0.15) is 56.6 Å². The summed E-state index contributed by atoms with van der Waals surface area (Å²) in [7, 11) is 1.76. The molecule has 1 aromatic carbocycles. The van der Waals surface area contributed by atoms with Crippen molar-refractivity contribution >= 4 is 0 Å². The van der Waals surface area contributed by atoms with Crippen LogP contribution in [-0.2, 0) is 17.6 Å². The minimum Gasteiger partial charge on any atom is -0.390 e. The minimum atomic E-state index is -0.405. The molecule has 112 valence electrons. The zero-order valence-electron chi connectivity index (χ0n) is 12.9. The van der Waals surface area contributed by atoms with Crippen LogP contribution in [0.5, 0.6) is 0 Å². The lowest BCUT2D eigenvalue weighted by Gasteiger charge is -2.36. The topological polar surface area (TPSA) is 29.5 Å². The predicted molar refractivity (Wildman–Crippen MR) is 83.0 cm³/mol. The van der Waals surface area contributed by atoms with Gasteiger partial charge in [-0.05, 0) is 30.4 Å². The van der Waals surface area contributed by atoms with E-state index in [1.807, 2.05) is 0 Å². The Bertz CT molecular complexity index is 388. The van der Waals surface area contributed by atoms with Gasteiger partial charge in [-0.3, -0.25) is 0 Å². The average Bonchev–Trinajstić information content (AvgIpc) is 2.74. The highest BCUT2D eigenvalue weighted by Crippen LogP contribution is 2.34. The highest BCUT2D eigenvalue weighted by Gasteiger charge is 2.38. The first-order chi connectivity index (χ1) is 9.70. The first kappa shape index (κ1) is 15.5. The molecule has 2 heteroatoms. The van der Waals surface area contributed by atoms with Crippen LogP contribution >= 0.6 is 0 Å². The average molecular weight is 276 g/mol. The number of hydrogen-bond acceptors (Lipinski definition) is 2. The Morgan fingerprint density at radius 2 is 1.60 bits per heavy atom. The van der Waals surface area contributed by atoms with Gasteiger partial charge in [0.2, 0.25) is 0 Å². The summed E-state index contributed by atoms with van der Waals surface area (Å²) in [4.78, 5) is 0. The maximum absolute atomic E-state index is 10.7. The molecule has 0 amide bonds. The van der Waals surface area contributed by atoms with Gasteiger partial charge in [0.05, 0.1) is 11.7 Å². The zero-order chi connectivity index (χ0) is 14.4. The molecule has 2 nitrogen and oxygen atoms in total. The van der Waals surface area contributed by atoms with Gasteiger partial charge >= 0.3 is 0 Å². The van der Waals surface area contributed by atoms with Gasteiger partial charge in [0.15, 0.2) is 0 Å². The largest absolute Gasteiger partial charge is 0.390 e. The van der Waals surface area contributed by atoms with Crippen molar-refractivity contribution in [2.24, 2.45) is 0 Å². The van der Waals surface area contributed by atoms with Gasteiger partial charge in [-0.25, -0.2) is 0 Å². The summed E-state index contributed by atoms with van der Waals surface area (Å²) in [5.41, 5.74) is 2.22. The summed E-state index contributed by atoms with van der Waals surface area (Å²) < 4.78 is 5.79. The molecular weight excluding hydrogens is 248 g/mol. The van der Waals surface area contributed by atoms with Crippen LogP contribution in [-0.4, -0.2) is 23.9 Å². The van der Waals surface area contributed by atoms with E-state index in [2.05, 4.69) is 31.2 Å². The standard InChI is InChI=1S/C18H28O2/c1-3-15-8-10-16(11-9-15)14-17(19)18(20-2)12-6-4-5-7-13-18/h8-11,17,19H,3-7,12-14H2,1-2H3. The number of rotatable bonds is 5. The first-order valence-corrected chi connectivity index (χ1v) is 8.01. The SMILES string of the molecule is CCc1ccc(CC(O)C2(OC)CCCCCC2)cc1. The molecule has 1 saturated carbocycles. The van der Waals surface area contributed by atoms with Gasteiger partial charge in [0.1, 0.15) is 0 Å². The van der Waals surface area contributed by atoms with Crippen molar-refractivity contribution in [1.82, 2.24) is 0 Å². The summed E-state index contributed by atoms with van der Waals surface area (Å²) >= 11 is 0. The Balaban J connectivity index is 2.05. The molecule has 0 spiro atoms. The summed E-state index contributed by atoms with van der Waals surface area (Å²) in [6, 6.07) is 8.60. The van der Waals surface area contributed by atoms with Crippen LogP contribution in [0.3, 0.4) is 0 Å². The van der Waals surface area contributed by atoms with Crippen LogP contribution in [0.15, 0.2) is 24.3 Å². The van der Waals surface area contributed by atoms with Crippen molar-refractivity contribution in [2.75, 3.05) is 7.11 Å². The van der Waals surface area contributed by atoms with E-state index in [1.165, 1.54) is 36.8 Å². The number of aryl methyl sites for hydroxylation is 1. The number of ether oxygens (including phenoxy) is 1. The fraction of sp³-hybridized carbons (Fsp3) is 0.667. The molecule has 20 heavy (non-hydrogen) atoms. The van der Waals surface area contributed by atoms with Gasteiger partial charge in [0.25, 0.3) is 0 Å². The Morgan fingerprint density at radius 3 is 2.10 bits per heavy atom. The highest BCUT2D eigenvalue weighted by molar-refractivity contribution is 5.23. The smallest absolute Gasteiger partial charge is 0.0939 e. The molecule has 2 rings (SSSR count). The van der Waals surface area contributed by atoms with Crippen LogP contribution in [0, 0.1) is 0 Å². The fourth-order valence-corrected chi connectivity index (χ4v) is 3.32. The van der Waals surface area contributed by atoms with Gasteiger partial charge in [-0.15, -0.1) is 0 Å².